The number of aliphatic hydroxyl groups excluding tert-OH is 1. The van der Waals surface area contributed by atoms with Gasteiger partial charge >= 0.3 is 0 Å². The summed E-state index contributed by atoms with van der Waals surface area (Å²) in [5.41, 5.74) is 1.30. The summed E-state index contributed by atoms with van der Waals surface area (Å²) in [5.74, 6) is 0.976. The maximum atomic E-state index is 14.1. The lowest BCUT2D eigenvalue weighted by Gasteiger charge is -2.36. The van der Waals surface area contributed by atoms with E-state index in [1.54, 1.807) is 13.0 Å². The van der Waals surface area contributed by atoms with E-state index in [1.807, 2.05) is 6.07 Å². The molecule has 1 aromatic rings. The maximum absolute atomic E-state index is 14.1. The van der Waals surface area contributed by atoms with Gasteiger partial charge in [-0.15, -0.1) is 0 Å². The highest BCUT2D eigenvalue weighted by atomic mass is 19.1. The van der Waals surface area contributed by atoms with E-state index >= 15 is 0 Å². The molecule has 0 spiro atoms. The molecular formula is C15H22FNO. The van der Waals surface area contributed by atoms with Gasteiger partial charge in [-0.1, -0.05) is 19.9 Å². The second-order valence-electron chi connectivity index (χ2n) is 5.74. The molecular weight excluding hydrogens is 229 g/mol. The molecule has 2 nitrogen and oxygen atoms in total. The van der Waals surface area contributed by atoms with Gasteiger partial charge in [-0.3, -0.25) is 0 Å². The van der Waals surface area contributed by atoms with Crippen LogP contribution in [-0.4, -0.2) is 18.2 Å². The van der Waals surface area contributed by atoms with Gasteiger partial charge in [0, 0.05) is 13.1 Å². The van der Waals surface area contributed by atoms with E-state index in [-0.39, 0.29) is 5.82 Å². The number of piperidine rings is 1. The summed E-state index contributed by atoms with van der Waals surface area (Å²) in [6.07, 6.45) is 0.594. The van der Waals surface area contributed by atoms with Crippen LogP contribution in [0.4, 0.5) is 10.1 Å². The molecule has 1 heterocycles. The molecule has 0 aliphatic carbocycles. The largest absolute Gasteiger partial charge is 0.389 e. The van der Waals surface area contributed by atoms with Crippen LogP contribution < -0.4 is 4.90 Å². The van der Waals surface area contributed by atoms with Gasteiger partial charge in [0.2, 0.25) is 0 Å². The van der Waals surface area contributed by atoms with E-state index in [0.717, 1.165) is 13.1 Å². The molecule has 1 N–H and O–H groups in total. The minimum Gasteiger partial charge on any atom is -0.389 e. The molecule has 0 aromatic heterocycles. The Morgan fingerprint density at radius 2 is 1.89 bits per heavy atom. The van der Waals surface area contributed by atoms with E-state index in [9.17, 15) is 9.50 Å². The standard InChI is InChI=1S/C15H22FNO/c1-10-6-11(2)9-17(8-10)15-5-4-13(12(3)18)7-14(15)16/h4-5,7,10-12,18H,6,8-9H2,1-3H3. The number of halogens is 1. The van der Waals surface area contributed by atoms with Crippen molar-refractivity contribution >= 4 is 5.69 Å². The van der Waals surface area contributed by atoms with Crippen molar-refractivity contribution in [2.45, 2.75) is 33.3 Å². The number of nitrogens with zero attached hydrogens (tertiary/aromatic N) is 1. The monoisotopic (exact) mass is 251 g/mol. The van der Waals surface area contributed by atoms with Crippen molar-refractivity contribution in [3.05, 3.63) is 29.6 Å². The number of hydrogen-bond donors (Lipinski definition) is 1. The van der Waals surface area contributed by atoms with E-state index in [0.29, 0.717) is 23.1 Å². The molecule has 3 atom stereocenters. The summed E-state index contributed by atoms with van der Waals surface area (Å²) in [7, 11) is 0. The fourth-order valence-corrected chi connectivity index (χ4v) is 2.90. The van der Waals surface area contributed by atoms with Crippen molar-refractivity contribution in [1.82, 2.24) is 0 Å². The molecule has 2 rings (SSSR count). The third-order valence-electron chi connectivity index (χ3n) is 3.66. The van der Waals surface area contributed by atoms with E-state index in [1.165, 1.54) is 12.5 Å². The highest BCUT2D eigenvalue weighted by Crippen LogP contribution is 2.29. The molecule has 3 unspecified atom stereocenters. The molecule has 0 radical (unpaired) electrons. The molecule has 1 aromatic carbocycles. The zero-order valence-electron chi connectivity index (χ0n) is 11.4. The first-order chi connectivity index (χ1) is 8.47. The molecule has 1 saturated heterocycles. The molecule has 3 heteroatoms. The van der Waals surface area contributed by atoms with Crippen molar-refractivity contribution < 1.29 is 9.50 Å². The van der Waals surface area contributed by atoms with Crippen LogP contribution in [0.1, 0.15) is 38.9 Å². The van der Waals surface area contributed by atoms with Crippen LogP contribution in [0.2, 0.25) is 0 Å². The summed E-state index contributed by atoms with van der Waals surface area (Å²) in [6.45, 7) is 7.90. The Hall–Kier alpha value is -1.09. The number of anilines is 1. The Kier molecular flexibility index (Phi) is 3.91. The predicted octanol–water partition coefficient (Wildman–Crippen LogP) is 3.36. The van der Waals surface area contributed by atoms with Gasteiger partial charge < -0.3 is 10.0 Å². The molecule has 1 aliphatic rings. The fraction of sp³-hybridized carbons (Fsp3) is 0.600. The SMILES string of the molecule is CC1CC(C)CN(c2ccc(C(C)O)cc2F)C1. The number of aliphatic hydroxyl groups is 1. The van der Waals surface area contributed by atoms with Gasteiger partial charge in [-0.2, -0.15) is 0 Å². The van der Waals surface area contributed by atoms with Crippen molar-refractivity contribution in [3.8, 4) is 0 Å². The van der Waals surface area contributed by atoms with Gasteiger partial charge in [-0.25, -0.2) is 4.39 Å². The average molecular weight is 251 g/mol. The lowest BCUT2D eigenvalue weighted by atomic mass is 9.91. The second kappa shape index (κ2) is 5.27. The summed E-state index contributed by atoms with van der Waals surface area (Å²) in [4.78, 5) is 2.12. The lowest BCUT2D eigenvalue weighted by molar-refractivity contribution is 0.199. The van der Waals surface area contributed by atoms with Crippen LogP contribution >= 0.6 is 0 Å². The summed E-state index contributed by atoms with van der Waals surface area (Å²) >= 11 is 0. The Morgan fingerprint density at radius 3 is 2.39 bits per heavy atom. The third-order valence-corrected chi connectivity index (χ3v) is 3.66. The first kappa shape index (κ1) is 13.3. The zero-order valence-corrected chi connectivity index (χ0v) is 11.4. The van der Waals surface area contributed by atoms with Crippen LogP contribution in [-0.2, 0) is 0 Å². The summed E-state index contributed by atoms with van der Waals surface area (Å²) in [6, 6.07) is 5.05. The van der Waals surface area contributed by atoms with E-state index in [4.69, 9.17) is 0 Å². The van der Waals surface area contributed by atoms with Crippen molar-refractivity contribution in [2.24, 2.45) is 11.8 Å². The first-order valence-corrected chi connectivity index (χ1v) is 6.69. The topological polar surface area (TPSA) is 23.5 Å². The predicted molar refractivity (Wildman–Crippen MR) is 72.2 cm³/mol. The van der Waals surface area contributed by atoms with E-state index in [2.05, 4.69) is 18.7 Å². The molecule has 0 bridgehead atoms. The number of rotatable bonds is 2. The highest BCUT2D eigenvalue weighted by Gasteiger charge is 2.23. The minimum atomic E-state index is -0.618. The van der Waals surface area contributed by atoms with Crippen molar-refractivity contribution in [2.75, 3.05) is 18.0 Å². The highest BCUT2D eigenvalue weighted by molar-refractivity contribution is 5.50. The van der Waals surface area contributed by atoms with E-state index < -0.39 is 6.10 Å². The van der Waals surface area contributed by atoms with Gasteiger partial charge in [0.15, 0.2) is 0 Å². The van der Waals surface area contributed by atoms with Crippen molar-refractivity contribution in [3.63, 3.8) is 0 Å². The van der Waals surface area contributed by atoms with Crippen LogP contribution in [0, 0.1) is 17.7 Å². The molecule has 1 fully saturated rings. The minimum absolute atomic E-state index is 0.227. The third kappa shape index (κ3) is 2.83. The summed E-state index contributed by atoms with van der Waals surface area (Å²) in [5, 5.41) is 9.45. The Balaban J connectivity index is 2.22. The van der Waals surface area contributed by atoms with Gasteiger partial charge in [0.05, 0.1) is 11.8 Å². The van der Waals surface area contributed by atoms with Gasteiger partial charge in [0.25, 0.3) is 0 Å². The Labute approximate surface area is 108 Å². The Morgan fingerprint density at radius 1 is 1.28 bits per heavy atom. The second-order valence-corrected chi connectivity index (χ2v) is 5.74. The van der Waals surface area contributed by atoms with Crippen LogP contribution in [0.3, 0.4) is 0 Å². The number of hydrogen-bond acceptors (Lipinski definition) is 2. The smallest absolute Gasteiger partial charge is 0.146 e. The van der Waals surface area contributed by atoms with Gasteiger partial charge in [0.1, 0.15) is 5.82 Å². The quantitative estimate of drug-likeness (QED) is 0.871. The normalized spacial score (nSPS) is 26.2. The number of benzene rings is 1. The Bertz CT molecular complexity index is 409. The molecule has 0 amide bonds. The molecule has 0 saturated carbocycles. The molecule has 100 valence electrons. The van der Waals surface area contributed by atoms with Crippen LogP contribution in [0.5, 0.6) is 0 Å². The summed E-state index contributed by atoms with van der Waals surface area (Å²) < 4.78 is 14.1. The average Bonchev–Trinajstić information content (AvgIpc) is 2.27. The van der Waals surface area contributed by atoms with Crippen LogP contribution in [0.25, 0.3) is 0 Å². The van der Waals surface area contributed by atoms with Crippen molar-refractivity contribution in [1.29, 1.82) is 0 Å². The molecule has 1 aliphatic heterocycles. The first-order valence-electron chi connectivity index (χ1n) is 6.69. The fourth-order valence-electron chi connectivity index (χ4n) is 2.90. The zero-order chi connectivity index (χ0) is 13.3. The molecule has 18 heavy (non-hydrogen) atoms. The lowest BCUT2D eigenvalue weighted by Crippen LogP contribution is -2.39. The van der Waals surface area contributed by atoms with Gasteiger partial charge in [-0.05, 0) is 42.9 Å². The van der Waals surface area contributed by atoms with Crippen LogP contribution in [0.15, 0.2) is 18.2 Å². The maximum Gasteiger partial charge on any atom is 0.146 e.